The highest BCUT2D eigenvalue weighted by Gasteiger charge is 2.29. The average molecular weight is 327 g/mol. The summed E-state index contributed by atoms with van der Waals surface area (Å²) < 4.78 is 1.42. The number of nitrogens with zero attached hydrogens (tertiary/aromatic N) is 6. The number of tetrazole rings is 1. The van der Waals surface area contributed by atoms with E-state index in [1.54, 1.807) is 0 Å². The largest absolute Gasteiger partial charge is 0.298 e. The van der Waals surface area contributed by atoms with Gasteiger partial charge in [-0.25, -0.2) is 4.68 Å². The van der Waals surface area contributed by atoms with Crippen molar-refractivity contribution in [3.63, 3.8) is 0 Å². The van der Waals surface area contributed by atoms with E-state index in [2.05, 4.69) is 31.0 Å². The van der Waals surface area contributed by atoms with Crippen LogP contribution in [-0.2, 0) is 4.79 Å². The molecule has 0 spiro atoms. The first-order valence-electron chi connectivity index (χ1n) is 7.23. The number of benzene rings is 1. The molecule has 1 aromatic carbocycles. The van der Waals surface area contributed by atoms with Gasteiger partial charge in [0, 0.05) is 5.92 Å². The van der Waals surface area contributed by atoms with Crippen molar-refractivity contribution in [1.29, 1.82) is 0 Å². The highest BCUT2D eigenvalue weighted by atomic mass is 32.1. The molecule has 0 aliphatic heterocycles. The van der Waals surface area contributed by atoms with Crippen LogP contribution in [0.2, 0.25) is 0 Å². The molecule has 1 N–H and O–H groups in total. The first-order chi connectivity index (χ1) is 11.3. The minimum Gasteiger partial charge on any atom is -0.298 e. The molecule has 0 bridgehead atoms. The van der Waals surface area contributed by atoms with Gasteiger partial charge in [0.05, 0.1) is 0 Å². The lowest BCUT2D eigenvalue weighted by Crippen LogP contribution is -2.27. The van der Waals surface area contributed by atoms with Gasteiger partial charge in [-0.05, 0) is 28.8 Å². The molecular weight excluding hydrogens is 314 g/mol. The molecule has 2 aromatic heterocycles. The average Bonchev–Trinajstić information content (AvgIpc) is 3.08. The Labute approximate surface area is 135 Å². The predicted molar refractivity (Wildman–Crippen MR) is 82.9 cm³/mol. The zero-order valence-corrected chi connectivity index (χ0v) is 12.8. The quantitative estimate of drug-likeness (QED) is 0.765. The summed E-state index contributed by atoms with van der Waals surface area (Å²) in [6.07, 6.45) is 3.73. The molecule has 1 saturated carbocycles. The third kappa shape index (κ3) is 2.95. The monoisotopic (exact) mass is 327 g/mol. The third-order valence-corrected chi connectivity index (χ3v) is 4.59. The molecule has 2 heterocycles. The summed E-state index contributed by atoms with van der Waals surface area (Å²) in [5.74, 6) is 0.268. The van der Waals surface area contributed by atoms with Gasteiger partial charge in [0.25, 0.3) is 5.91 Å². The summed E-state index contributed by atoms with van der Waals surface area (Å²) in [5, 5.41) is 23.6. The Hall–Kier alpha value is -2.68. The predicted octanol–water partition coefficient (Wildman–Crippen LogP) is 1.63. The van der Waals surface area contributed by atoms with Crippen LogP contribution in [0.25, 0.3) is 0 Å². The van der Waals surface area contributed by atoms with Crippen molar-refractivity contribution in [2.24, 2.45) is 0 Å². The van der Waals surface area contributed by atoms with Gasteiger partial charge in [-0.1, -0.05) is 41.7 Å². The molecule has 0 saturated heterocycles. The van der Waals surface area contributed by atoms with E-state index >= 15 is 0 Å². The van der Waals surface area contributed by atoms with Crippen LogP contribution in [0.5, 0.6) is 0 Å². The second kappa shape index (κ2) is 5.84. The van der Waals surface area contributed by atoms with Gasteiger partial charge in [-0.3, -0.25) is 10.1 Å². The molecule has 23 heavy (non-hydrogen) atoms. The van der Waals surface area contributed by atoms with Gasteiger partial charge in [-0.15, -0.1) is 15.3 Å². The minimum absolute atomic E-state index is 0.248. The standard InChI is InChI=1S/C14H13N7OS/c22-12(16-14-18-17-13(23-14)10-6-7-10)11(21-8-15-19-20-21)9-4-2-1-3-5-9/h1-5,8,10-11H,6-7H2,(H,16,18,22). The first kappa shape index (κ1) is 13.9. The molecular formula is C14H13N7OS. The first-order valence-corrected chi connectivity index (χ1v) is 8.04. The van der Waals surface area contributed by atoms with Crippen molar-refractivity contribution in [3.8, 4) is 0 Å². The summed E-state index contributed by atoms with van der Waals surface area (Å²) in [5.41, 5.74) is 0.796. The van der Waals surface area contributed by atoms with E-state index in [9.17, 15) is 4.79 Å². The van der Waals surface area contributed by atoms with E-state index in [0.717, 1.165) is 23.4 Å². The number of nitrogens with one attached hydrogen (secondary N) is 1. The zero-order chi connectivity index (χ0) is 15.6. The van der Waals surface area contributed by atoms with Crippen LogP contribution in [0.3, 0.4) is 0 Å². The second-order valence-corrected chi connectivity index (χ2v) is 6.32. The third-order valence-electron chi connectivity index (χ3n) is 3.59. The number of amides is 1. The second-order valence-electron chi connectivity index (χ2n) is 5.31. The Kier molecular flexibility index (Phi) is 3.54. The van der Waals surface area contributed by atoms with Crippen molar-refractivity contribution in [2.75, 3.05) is 5.32 Å². The fourth-order valence-corrected chi connectivity index (χ4v) is 3.22. The Morgan fingerprint density at radius 3 is 2.78 bits per heavy atom. The van der Waals surface area contributed by atoms with E-state index in [1.165, 1.54) is 22.3 Å². The van der Waals surface area contributed by atoms with Crippen LogP contribution in [0, 0.1) is 0 Å². The van der Waals surface area contributed by atoms with Gasteiger partial charge in [-0.2, -0.15) is 0 Å². The maximum absolute atomic E-state index is 12.7. The van der Waals surface area contributed by atoms with Crippen LogP contribution < -0.4 is 5.32 Å². The van der Waals surface area contributed by atoms with Crippen LogP contribution in [0.4, 0.5) is 5.13 Å². The molecule has 8 nitrogen and oxygen atoms in total. The Balaban J connectivity index is 1.59. The van der Waals surface area contributed by atoms with Gasteiger partial charge in [0.2, 0.25) is 5.13 Å². The summed E-state index contributed by atoms with van der Waals surface area (Å²) in [6, 6.07) is 8.71. The summed E-state index contributed by atoms with van der Waals surface area (Å²) in [6.45, 7) is 0. The van der Waals surface area contributed by atoms with Crippen molar-refractivity contribution < 1.29 is 4.79 Å². The molecule has 3 aromatic rings. The van der Waals surface area contributed by atoms with Crippen molar-refractivity contribution in [2.45, 2.75) is 24.8 Å². The number of carbonyl (C=O) groups is 1. The number of anilines is 1. The van der Waals surface area contributed by atoms with Crippen molar-refractivity contribution in [1.82, 2.24) is 30.4 Å². The van der Waals surface area contributed by atoms with E-state index in [-0.39, 0.29) is 5.91 Å². The van der Waals surface area contributed by atoms with Crippen LogP contribution >= 0.6 is 11.3 Å². The molecule has 1 amide bonds. The fourth-order valence-electron chi connectivity index (χ4n) is 2.30. The number of hydrogen-bond acceptors (Lipinski definition) is 7. The molecule has 1 unspecified atom stereocenters. The van der Waals surface area contributed by atoms with E-state index < -0.39 is 6.04 Å². The van der Waals surface area contributed by atoms with Crippen LogP contribution in [-0.4, -0.2) is 36.3 Å². The molecule has 4 rings (SSSR count). The number of aromatic nitrogens is 6. The fraction of sp³-hybridized carbons (Fsp3) is 0.286. The molecule has 0 radical (unpaired) electrons. The van der Waals surface area contributed by atoms with Gasteiger partial charge >= 0.3 is 0 Å². The topological polar surface area (TPSA) is 98.5 Å². The van der Waals surface area contributed by atoms with E-state index in [1.807, 2.05) is 30.3 Å². The van der Waals surface area contributed by atoms with Gasteiger partial charge in [0.1, 0.15) is 11.3 Å². The number of carbonyl (C=O) groups excluding carboxylic acids is 1. The molecule has 1 atom stereocenters. The molecule has 9 heteroatoms. The Morgan fingerprint density at radius 1 is 1.26 bits per heavy atom. The summed E-state index contributed by atoms with van der Waals surface area (Å²) >= 11 is 1.43. The highest BCUT2D eigenvalue weighted by Crippen LogP contribution is 2.42. The number of rotatable bonds is 5. The molecule has 1 aliphatic carbocycles. The Morgan fingerprint density at radius 2 is 2.09 bits per heavy atom. The van der Waals surface area contributed by atoms with Gasteiger partial charge < -0.3 is 0 Å². The van der Waals surface area contributed by atoms with Crippen LogP contribution in [0.1, 0.15) is 35.4 Å². The van der Waals surface area contributed by atoms with Crippen molar-refractivity contribution >= 4 is 22.4 Å². The maximum atomic E-state index is 12.7. The summed E-state index contributed by atoms with van der Waals surface area (Å²) in [7, 11) is 0. The van der Waals surface area contributed by atoms with Crippen molar-refractivity contribution in [3.05, 3.63) is 47.2 Å². The van der Waals surface area contributed by atoms with Crippen LogP contribution in [0.15, 0.2) is 36.7 Å². The zero-order valence-electron chi connectivity index (χ0n) is 12.0. The maximum Gasteiger partial charge on any atom is 0.255 e. The highest BCUT2D eigenvalue weighted by molar-refractivity contribution is 7.15. The lowest BCUT2D eigenvalue weighted by atomic mass is 10.1. The van der Waals surface area contributed by atoms with E-state index in [0.29, 0.717) is 11.0 Å². The normalized spacial score (nSPS) is 15.3. The molecule has 1 aliphatic rings. The lowest BCUT2D eigenvalue weighted by molar-refractivity contribution is -0.118. The molecule has 1 fully saturated rings. The molecule has 116 valence electrons. The Bertz CT molecular complexity index is 798. The SMILES string of the molecule is O=C(Nc1nnc(C2CC2)s1)C(c1ccccc1)n1cnnn1. The van der Waals surface area contributed by atoms with Gasteiger partial charge in [0.15, 0.2) is 6.04 Å². The summed E-state index contributed by atoms with van der Waals surface area (Å²) in [4.78, 5) is 12.7. The number of hydrogen-bond donors (Lipinski definition) is 1. The smallest absolute Gasteiger partial charge is 0.255 e. The minimum atomic E-state index is -0.653. The van der Waals surface area contributed by atoms with E-state index in [4.69, 9.17) is 0 Å². The lowest BCUT2D eigenvalue weighted by Gasteiger charge is -2.15.